The van der Waals surface area contributed by atoms with Crippen LogP contribution in [0.3, 0.4) is 0 Å². The maximum Gasteiger partial charge on any atom is 0.242 e. The molecule has 0 aliphatic carbocycles. The Hall–Kier alpha value is -3.26. The average Bonchev–Trinajstić information content (AvgIpc) is 3.36. The van der Waals surface area contributed by atoms with Crippen molar-refractivity contribution in [2.45, 2.75) is 31.0 Å². The zero-order valence-electron chi connectivity index (χ0n) is 17.3. The molecule has 0 saturated carbocycles. The fourth-order valence-corrected chi connectivity index (χ4v) is 4.45. The number of aromatic nitrogens is 2. The monoisotopic (exact) mass is 436 g/mol. The van der Waals surface area contributed by atoms with Gasteiger partial charge in [-0.05, 0) is 23.3 Å². The minimum Gasteiger partial charge on any atom is -0.497 e. The molecule has 0 bridgehead atoms. The van der Waals surface area contributed by atoms with Gasteiger partial charge in [0.05, 0.1) is 19.2 Å². The van der Waals surface area contributed by atoms with Gasteiger partial charge < -0.3 is 15.4 Å². The Bertz CT molecular complexity index is 1060. The Labute approximate surface area is 185 Å². The standard InChI is InChI=1S/C23H24N4O3S/c1-30-18-9-7-17(8-10-18)12-24-22(29)13-27-23(19-14-31-15-20(19)26-27)25-21(28)11-16-5-3-2-4-6-16/h2-10H,11-15H2,1H3,(H,24,29)(H,25,28). The molecule has 1 aromatic heterocycles. The number of fused-ring (bicyclic) bond motifs is 1. The number of carbonyl (C=O) groups excluding carboxylic acids is 2. The maximum absolute atomic E-state index is 12.6. The molecule has 1 aliphatic rings. The summed E-state index contributed by atoms with van der Waals surface area (Å²) >= 11 is 1.75. The van der Waals surface area contributed by atoms with E-state index in [9.17, 15) is 9.59 Å². The van der Waals surface area contributed by atoms with Crippen molar-refractivity contribution in [1.29, 1.82) is 0 Å². The number of thioether (sulfide) groups is 1. The highest BCUT2D eigenvalue weighted by atomic mass is 32.2. The van der Waals surface area contributed by atoms with Crippen LogP contribution >= 0.6 is 11.8 Å². The third-order valence-corrected chi connectivity index (χ3v) is 6.00. The van der Waals surface area contributed by atoms with E-state index >= 15 is 0 Å². The summed E-state index contributed by atoms with van der Waals surface area (Å²) in [5.74, 6) is 2.69. The molecule has 1 aliphatic heterocycles. The Morgan fingerprint density at radius 1 is 1.03 bits per heavy atom. The van der Waals surface area contributed by atoms with E-state index in [4.69, 9.17) is 4.74 Å². The molecule has 0 radical (unpaired) electrons. The molecule has 31 heavy (non-hydrogen) atoms. The van der Waals surface area contributed by atoms with E-state index in [1.165, 1.54) is 0 Å². The van der Waals surface area contributed by atoms with Crippen LogP contribution in [0.15, 0.2) is 54.6 Å². The van der Waals surface area contributed by atoms with E-state index in [0.29, 0.717) is 12.4 Å². The fourth-order valence-electron chi connectivity index (χ4n) is 3.41. The number of methoxy groups -OCH3 is 1. The van der Waals surface area contributed by atoms with Crippen LogP contribution in [0.5, 0.6) is 5.75 Å². The van der Waals surface area contributed by atoms with Crippen molar-refractivity contribution in [1.82, 2.24) is 15.1 Å². The first-order valence-corrected chi connectivity index (χ1v) is 11.2. The van der Waals surface area contributed by atoms with Gasteiger partial charge >= 0.3 is 0 Å². The lowest BCUT2D eigenvalue weighted by atomic mass is 10.1. The summed E-state index contributed by atoms with van der Waals surface area (Å²) in [6, 6.07) is 17.1. The first-order chi connectivity index (χ1) is 15.1. The van der Waals surface area contributed by atoms with E-state index in [1.807, 2.05) is 54.6 Å². The van der Waals surface area contributed by atoms with Crippen LogP contribution in [0.4, 0.5) is 5.82 Å². The predicted molar refractivity (Wildman–Crippen MR) is 121 cm³/mol. The van der Waals surface area contributed by atoms with E-state index in [2.05, 4.69) is 15.7 Å². The zero-order chi connectivity index (χ0) is 21.6. The van der Waals surface area contributed by atoms with Crippen molar-refractivity contribution in [3.8, 4) is 5.75 Å². The summed E-state index contributed by atoms with van der Waals surface area (Å²) in [5, 5.41) is 10.5. The van der Waals surface area contributed by atoms with E-state index in [0.717, 1.165) is 39.6 Å². The lowest BCUT2D eigenvalue weighted by Gasteiger charge is -2.12. The van der Waals surface area contributed by atoms with E-state index < -0.39 is 0 Å². The van der Waals surface area contributed by atoms with Crippen molar-refractivity contribution < 1.29 is 14.3 Å². The summed E-state index contributed by atoms with van der Waals surface area (Å²) < 4.78 is 6.76. The number of hydrogen-bond acceptors (Lipinski definition) is 5. The smallest absolute Gasteiger partial charge is 0.242 e. The van der Waals surface area contributed by atoms with Crippen LogP contribution in [0, 0.1) is 0 Å². The normalized spacial score (nSPS) is 12.3. The number of rotatable bonds is 8. The molecule has 4 rings (SSSR count). The third kappa shape index (κ3) is 5.27. The van der Waals surface area contributed by atoms with Crippen molar-refractivity contribution in [3.63, 3.8) is 0 Å². The molecule has 2 heterocycles. The molecule has 7 nitrogen and oxygen atoms in total. The molecule has 160 valence electrons. The van der Waals surface area contributed by atoms with Gasteiger partial charge in [0.1, 0.15) is 18.1 Å². The van der Waals surface area contributed by atoms with Crippen LogP contribution in [-0.4, -0.2) is 28.7 Å². The van der Waals surface area contributed by atoms with Crippen LogP contribution < -0.4 is 15.4 Å². The SMILES string of the molecule is COc1ccc(CNC(=O)Cn2nc3c(c2NC(=O)Cc2ccccc2)CSC3)cc1. The second kappa shape index (κ2) is 9.70. The topological polar surface area (TPSA) is 85.2 Å². The number of nitrogens with zero attached hydrogens (tertiary/aromatic N) is 2. The average molecular weight is 437 g/mol. The summed E-state index contributed by atoms with van der Waals surface area (Å²) in [6.07, 6.45) is 0.275. The molecule has 0 fully saturated rings. The Morgan fingerprint density at radius 2 is 1.81 bits per heavy atom. The van der Waals surface area contributed by atoms with Gasteiger partial charge in [-0.3, -0.25) is 9.59 Å². The van der Waals surface area contributed by atoms with E-state index in [1.54, 1.807) is 23.6 Å². The molecule has 8 heteroatoms. The first-order valence-electron chi connectivity index (χ1n) is 10.0. The number of hydrogen-bond donors (Lipinski definition) is 2. The highest BCUT2D eigenvalue weighted by Crippen LogP contribution is 2.34. The Morgan fingerprint density at radius 3 is 2.55 bits per heavy atom. The molecular weight excluding hydrogens is 412 g/mol. The number of ether oxygens (including phenoxy) is 1. The molecule has 0 atom stereocenters. The molecule has 0 unspecified atom stereocenters. The molecule has 0 saturated heterocycles. The van der Waals surface area contributed by atoms with Crippen molar-refractivity contribution >= 4 is 29.4 Å². The minimum atomic E-state index is -0.164. The number of nitrogens with one attached hydrogen (secondary N) is 2. The van der Waals surface area contributed by atoms with E-state index in [-0.39, 0.29) is 24.8 Å². The largest absolute Gasteiger partial charge is 0.497 e. The molecule has 0 spiro atoms. The molecule has 2 N–H and O–H groups in total. The number of amides is 2. The lowest BCUT2D eigenvalue weighted by Crippen LogP contribution is -2.29. The van der Waals surface area contributed by atoms with Crippen molar-refractivity contribution in [2.24, 2.45) is 0 Å². The van der Waals surface area contributed by atoms with Crippen molar-refractivity contribution in [2.75, 3.05) is 12.4 Å². The summed E-state index contributed by atoms with van der Waals surface area (Å²) in [6.45, 7) is 0.462. The van der Waals surface area contributed by atoms with Gasteiger partial charge in [-0.25, -0.2) is 4.68 Å². The highest BCUT2D eigenvalue weighted by Gasteiger charge is 2.25. The van der Waals surface area contributed by atoms with Gasteiger partial charge in [0.15, 0.2) is 0 Å². The number of carbonyl (C=O) groups is 2. The fraction of sp³-hybridized carbons (Fsp3) is 0.261. The summed E-state index contributed by atoms with van der Waals surface area (Å²) in [5.41, 5.74) is 3.86. The summed E-state index contributed by atoms with van der Waals surface area (Å²) in [4.78, 5) is 25.2. The van der Waals surface area contributed by atoms with Gasteiger partial charge in [0.25, 0.3) is 0 Å². The Kier molecular flexibility index (Phi) is 6.57. The first kappa shape index (κ1) is 21.0. The molecule has 2 amide bonds. The molecule has 2 aromatic carbocycles. The third-order valence-electron chi connectivity index (χ3n) is 5.03. The van der Waals surface area contributed by atoms with Gasteiger partial charge in [-0.15, -0.1) is 0 Å². The van der Waals surface area contributed by atoms with Gasteiger partial charge in [0.2, 0.25) is 11.8 Å². The second-order valence-corrected chi connectivity index (χ2v) is 8.25. The van der Waals surface area contributed by atoms with Gasteiger partial charge in [-0.1, -0.05) is 42.5 Å². The Balaban J connectivity index is 1.40. The van der Waals surface area contributed by atoms with Crippen LogP contribution in [0.1, 0.15) is 22.4 Å². The zero-order valence-corrected chi connectivity index (χ0v) is 18.1. The molecular formula is C23H24N4O3S. The van der Waals surface area contributed by atoms with Crippen molar-refractivity contribution in [3.05, 3.63) is 77.0 Å². The predicted octanol–water partition coefficient (Wildman–Crippen LogP) is 3.14. The van der Waals surface area contributed by atoms with Crippen LogP contribution in [0.2, 0.25) is 0 Å². The van der Waals surface area contributed by atoms with Crippen LogP contribution in [-0.2, 0) is 40.6 Å². The molecule has 3 aromatic rings. The highest BCUT2D eigenvalue weighted by molar-refractivity contribution is 7.98. The summed E-state index contributed by atoms with van der Waals surface area (Å²) in [7, 11) is 1.62. The number of benzene rings is 2. The van der Waals surface area contributed by atoms with Crippen LogP contribution in [0.25, 0.3) is 0 Å². The number of anilines is 1. The quantitative estimate of drug-likeness (QED) is 0.567. The maximum atomic E-state index is 12.6. The van der Waals surface area contributed by atoms with Gasteiger partial charge in [0, 0.05) is 23.6 Å². The second-order valence-electron chi connectivity index (χ2n) is 7.26. The van der Waals surface area contributed by atoms with Gasteiger partial charge in [-0.2, -0.15) is 16.9 Å². The lowest BCUT2D eigenvalue weighted by molar-refractivity contribution is -0.122. The minimum absolute atomic E-state index is 0.0504.